The monoisotopic (exact) mass is 677 g/mol. The first-order valence-corrected chi connectivity index (χ1v) is 17.7. The van der Waals surface area contributed by atoms with E-state index >= 15 is 0 Å². The summed E-state index contributed by atoms with van der Waals surface area (Å²) in [6.07, 6.45) is 26.4. The van der Waals surface area contributed by atoms with Gasteiger partial charge in [0, 0.05) is 23.2 Å². The van der Waals surface area contributed by atoms with Gasteiger partial charge in [-0.15, -0.1) is 5.92 Å². The van der Waals surface area contributed by atoms with E-state index in [0.29, 0.717) is 61.2 Å². The van der Waals surface area contributed by atoms with Crippen molar-refractivity contribution >= 4 is 0 Å². The zero-order valence-electron chi connectivity index (χ0n) is 25.0. The molecular formula is C32H55Cu2N8. The van der Waals surface area contributed by atoms with Gasteiger partial charge in [-0.2, -0.15) is 6.42 Å². The van der Waals surface area contributed by atoms with Crippen LogP contribution >= 0.6 is 0 Å². The molecule has 0 aromatic heterocycles. The largest absolute Gasteiger partial charge is 1.00 e. The molecule has 0 aromatic carbocycles. The van der Waals surface area contributed by atoms with E-state index < -0.39 is 0 Å². The number of hydrogen-bond acceptors (Lipinski definition) is 8. The quantitative estimate of drug-likeness (QED) is 0.146. The number of nitrogens with one attached hydrogen (secondary N) is 8. The molecule has 0 amide bonds. The van der Waals surface area contributed by atoms with Crippen molar-refractivity contribution in [2.45, 2.75) is 146 Å². The Kier molecular flexibility index (Phi) is 9.76. The maximum absolute atomic E-state index is 4.25. The molecule has 5 saturated heterocycles. The predicted molar refractivity (Wildman–Crippen MR) is 157 cm³/mol. The van der Waals surface area contributed by atoms with E-state index in [0.717, 1.165) is 35.5 Å². The van der Waals surface area contributed by atoms with Crippen LogP contribution in [0.2, 0.25) is 0 Å². The first-order chi connectivity index (χ1) is 19.8. The van der Waals surface area contributed by atoms with Gasteiger partial charge < -0.3 is 6.42 Å². The smallest absolute Gasteiger partial charge is 0.322 e. The standard InChI is InChI=1S/C32H55N8.2Cu/c1-2-10-18-17(9-1)25-33-26(18)38-28-21-13-5-6-14-22(21)30(35-28)40-32-24-16-8-7-15-23(24)31(36-32)39-29-20-12-4-3-11-19(20)27(34-29)37-25;;/h9,17-40H,1-8,10-16H2;;/q-1;;+1. The predicted octanol–water partition coefficient (Wildman–Crippen LogP) is 2.41. The Hall–Kier alpha value is 0.719. The second kappa shape index (κ2) is 13.1. The van der Waals surface area contributed by atoms with Crippen molar-refractivity contribution in [1.29, 1.82) is 0 Å². The van der Waals surface area contributed by atoms with Gasteiger partial charge in [0.15, 0.2) is 0 Å². The average Bonchev–Trinajstić information content (AvgIpc) is 3.73. The van der Waals surface area contributed by atoms with Crippen LogP contribution in [0.4, 0.5) is 0 Å². The Morgan fingerprint density at radius 1 is 0.333 bits per heavy atom. The van der Waals surface area contributed by atoms with E-state index in [4.69, 9.17) is 0 Å². The van der Waals surface area contributed by atoms with Gasteiger partial charge in [-0.05, 0) is 80.0 Å². The molecule has 9 fully saturated rings. The van der Waals surface area contributed by atoms with E-state index in [-0.39, 0.29) is 34.1 Å². The van der Waals surface area contributed by atoms with Crippen LogP contribution < -0.4 is 42.5 Å². The summed E-state index contributed by atoms with van der Waals surface area (Å²) < 4.78 is 0. The van der Waals surface area contributed by atoms with Crippen molar-refractivity contribution in [2.24, 2.45) is 47.3 Å². The van der Waals surface area contributed by atoms with E-state index in [9.17, 15) is 0 Å². The third kappa shape index (κ3) is 5.43. The van der Waals surface area contributed by atoms with Gasteiger partial charge in [-0.25, -0.2) is 0 Å². The Labute approximate surface area is 275 Å². The first-order valence-electron chi connectivity index (χ1n) is 17.7. The first kappa shape index (κ1) is 31.3. The van der Waals surface area contributed by atoms with Crippen LogP contribution in [-0.2, 0) is 34.1 Å². The van der Waals surface area contributed by atoms with Crippen LogP contribution in [0.15, 0.2) is 0 Å². The summed E-state index contributed by atoms with van der Waals surface area (Å²) in [4.78, 5) is 0. The SMILES string of the molecule is [CH-]1CCCC2C3NC(NC4NC(NC5NC(NC6NC(N3)C3CCCCC63)C3CCCCC53)C3CCCCC43)C12.[Cu+].[Cu]. The second-order valence-corrected chi connectivity index (χ2v) is 15.4. The van der Waals surface area contributed by atoms with Crippen molar-refractivity contribution in [3.8, 4) is 0 Å². The van der Waals surface area contributed by atoms with Gasteiger partial charge in [0.05, 0.1) is 43.2 Å². The van der Waals surface area contributed by atoms with Crippen molar-refractivity contribution in [3.05, 3.63) is 6.42 Å². The van der Waals surface area contributed by atoms with E-state index in [2.05, 4.69) is 49.0 Å². The van der Waals surface area contributed by atoms with Crippen LogP contribution in [0.1, 0.15) is 96.3 Å². The number of hydrogen-bond donors (Lipinski definition) is 8. The molecule has 4 aliphatic carbocycles. The van der Waals surface area contributed by atoms with Gasteiger partial charge in [-0.1, -0.05) is 51.4 Å². The fourth-order valence-corrected chi connectivity index (χ4v) is 11.7. The van der Waals surface area contributed by atoms with Crippen LogP contribution in [0.5, 0.6) is 0 Å². The van der Waals surface area contributed by atoms with Gasteiger partial charge >= 0.3 is 17.1 Å². The normalized spacial score (nSPS) is 54.9. The summed E-state index contributed by atoms with van der Waals surface area (Å²) in [6, 6.07) is 0. The minimum atomic E-state index is 0. The molecule has 1 radical (unpaired) electrons. The second-order valence-electron chi connectivity index (χ2n) is 15.4. The molecule has 10 heteroatoms. The number of rotatable bonds is 0. The molecular weight excluding hydrogens is 624 g/mol. The molecule has 9 rings (SSSR count). The van der Waals surface area contributed by atoms with Gasteiger partial charge in [-0.3, -0.25) is 42.5 Å². The topological polar surface area (TPSA) is 96.2 Å². The molecule has 245 valence electrons. The van der Waals surface area contributed by atoms with Gasteiger partial charge in [0.1, 0.15) is 0 Å². The van der Waals surface area contributed by atoms with E-state index in [1.165, 1.54) is 96.3 Å². The summed E-state index contributed by atoms with van der Waals surface area (Å²) >= 11 is 0. The molecule has 8 N–H and O–H groups in total. The maximum Gasteiger partial charge on any atom is 1.00 e. The molecule has 0 aromatic rings. The molecule has 42 heavy (non-hydrogen) atoms. The molecule has 0 spiro atoms. The fourth-order valence-electron chi connectivity index (χ4n) is 11.7. The third-order valence-corrected chi connectivity index (χ3v) is 13.6. The summed E-state index contributed by atoms with van der Waals surface area (Å²) in [5.74, 6) is 5.74. The molecule has 16 unspecified atom stereocenters. The molecule has 16 atom stereocenters. The Morgan fingerprint density at radius 3 is 0.929 bits per heavy atom. The fraction of sp³-hybridized carbons (Fsp3) is 0.969. The minimum absolute atomic E-state index is 0. The Bertz CT molecular complexity index is 721. The summed E-state index contributed by atoms with van der Waals surface area (Å²) in [5, 5.41) is 33.7. The molecule has 9 aliphatic rings. The molecule has 8 bridgehead atoms. The van der Waals surface area contributed by atoms with Crippen molar-refractivity contribution in [1.82, 2.24) is 42.5 Å². The summed E-state index contributed by atoms with van der Waals surface area (Å²) in [7, 11) is 0. The zero-order valence-corrected chi connectivity index (χ0v) is 26.9. The van der Waals surface area contributed by atoms with E-state index in [1.54, 1.807) is 0 Å². The maximum atomic E-state index is 4.25. The Morgan fingerprint density at radius 2 is 0.595 bits per heavy atom. The van der Waals surface area contributed by atoms with E-state index in [1.807, 2.05) is 0 Å². The van der Waals surface area contributed by atoms with Crippen molar-refractivity contribution in [3.63, 3.8) is 0 Å². The van der Waals surface area contributed by atoms with Crippen LogP contribution in [-0.4, -0.2) is 49.3 Å². The van der Waals surface area contributed by atoms with Crippen LogP contribution in [0.3, 0.4) is 0 Å². The third-order valence-electron chi connectivity index (χ3n) is 13.6. The molecule has 4 saturated carbocycles. The van der Waals surface area contributed by atoms with Crippen LogP contribution in [0.25, 0.3) is 0 Å². The molecule has 5 aliphatic heterocycles. The Balaban J connectivity index is 0.00000144. The van der Waals surface area contributed by atoms with Gasteiger partial charge in [0.2, 0.25) is 0 Å². The van der Waals surface area contributed by atoms with Crippen molar-refractivity contribution in [2.75, 3.05) is 0 Å². The summed E-state index contributed by atoms with van der Waals surface area (Å²) in [5.41, 5.74) is 0. The summed E-state index contributed by atoms with van der Waals surface area (Å²) in [6.45, 7) is 0. The van der Waals surface area contributed by atoms with Crippen LogP contribution in [0, 0.1) is 53.8 Å². The molecule has 5 heterocycles. The minimum Gasteiger partial charge on any atom is -0.322 e. The van der Waals surface area contributed by atoms with Gasteiger partial charge in [0.25, 0.3) is 0 Å². The zero-order chi connectivity index (χ0) is 26.2. The number of fused-ring (bicyclic) bond motifs is 20. The van der Waals surface area contributed by atoms with Crippen molar-refractivity contribution < 1.29 is 34.1 Å². The molecule has 8 nitrogen and oxygen atoms in total. The average molecular weight is 679 g/mol.